The van der Waals surface area contributed by atoms with Gasteiger partial charge in [-0.05, 0) is 35.9 Å². The number of carbonyl (C=O) groups is 1. The van der Waals surface area contributed by atoms with Gasteiger partial charge in [0.25, 0.3) is 5.91 Å². The van der Waals surface area contributed by atoms with Gasteiger partial charge in [-0.3, -0.25) is 19.9 Å². The Morgan fingerprint density at radius 3 is 2.73 bits per heavy atom. The SMILES string of the molecule is CN(Cc1cccc2ncccc12)C(=O)c1cc(-c2ccccn2)n[nH]1. The number of hydrogen-bond acceptors (Lipinski definition) is 4. The monoisotopic (exact) mass is 343 g/mol. The van der Waals surface area contributed by atoms with E-state index in [4.69, 9.17) is 0 Å². The van der Waals surface area contributed by atoms with Crippen molar-refractivity contribution >= 4 is 16.8 Å². The number of nitrogens with one attached hydrogen (secondary N) is 1. The number of amides is 1. The van der Waals surface area contributed by atoms with Gasteiger partial charge in [0.05, 0.1) is 11.2 Å². The van der Waals surface area contributed by atoms with Crippen molar-refractivity contribution in [1.29, 1.82) is 0 Å². The molecule has 128 valence electrons. The summed E-state index contributed by atoms with van der Waals surface area (Å²) in [4.78, 5) is 23.0. The van der Waals surface area contributed by atoms with E-state index >= 15 is 0 Å². The van der Waals surface area contributed by atoms with Gasteiger partial charge in [-0.15, -0.1) is 0 Å². The number of carbonyl (C=O) groups excluding carboxylic acids is 1. The summed E-state index contributed by atoms with van der Waals surface area (Å²) in [5.41, 5.74) is 3.79. The van der Waals surface area contributed by atoms with E-state index in [-0.39, 0.29) is 5.91 Å². The average molecular weight is 343 g/mol. The zero-order valence-corrected chi connectivity index (χ0v) is 14.3. The molecule has 1 aromatic carbocycles. The molecule has 0 unspecified atom stereocenters. The second-order valence-electron chi connectivity index (χ2n) is 6.03. The van der Waals surface area contributed by atoms with Gasteiger partial charge >= 0.3 is 0 Å². The third-order valence-electron chi connectivity index (χ3n) is 4.23. The summed E-state index contributed by atoms with van der Waals surface area (Å²) in [6.07, 6.45) is 3.47. The summed E-state index contributed by atoms with van der Waals surface area (Å²) in [6.45, 7) is 0.486. The van der Waals surface area contributed by atoms with E-state index < -0.39 is 0 Å². The molecule has 3 heterocycles. The summed E-state index contributed by atoms with van der Waals surface area (Å²) in [5.74, 6) is -0.124. The van der Waals surface area contributed by atoms with Gasteiger partial charge in [0.15, 0.2) is 0 Å². The van der Waals surface area contributed by atoms with Crippen LogP contribution >= 0.6 is 0 Å². The first-order valence-electron chi connectivity index (χ1n) is 8.27. The lowest BCUT2D eigenvalue weighted by molar-refractivity contribution is 0.0780. The molecule has 0 spiro atoms. The molecule has 0 aliphatic carbocycles. The van der Waals surface area contributed by atoms with Gasteiger partial charge in [0.1, 0.15) is 11.4 Å². The van der Waals surface area contributed by atoms with Gasteiger partial charge in [-0.2, -0.15) is 5.10 Å². The molecule has 4 rings (SSSR count). The number of pyridine rings is 2. The predicted octanol–water partition coefficient (Wildman–Crippen LogP) is 3.29. The molecule has 0 bridgehead atoms. The molecule has 0 saturated heterocycles. The lowest BCUT2D eigenvalue weighted by Gasteiger charge is -2.17. The zero-order chi connectivity index (χ0) is 17.9. The van der Waals surface area contributed by atoms with Crippen molar-refractivity contribution in [2.45, 2.75) is 6.54 Å². The highest BCUT2D eigenvalue weighted by atomic mass is 16.2. The summed E-state index contributed by atoms with van der Waals surface area (Å²) in [5, 5.41) is 8.07. The van der Waals surface area contributed by atoms with Crippen molar-refractivity contribution in [2.24, 2.45) is 0 Å². The number of aromatic amines is 1. The number of benzene rings is 1. The van der Waals surface area contributed by atoms with Crippen molar-refractivity contribution in [3.63, 3.8) is 0 Å². The third-order valence-corrected chi connectivity index (χ3v) is 4.23. The summed E-state index contributed by atoms with van der Waals surface area (Å²) in [7, 11) is 1.78. The maximum absolute atomic E-state index is 12.7. The molecular formula is C20H17N5O. The quantitative estimate of drug-likeness (QED) is 0.617. The molecule has 0 radical (unpaired) electrons. The fraction of sp³-hybridized carbons (Fsp3) is 0.100. The minimum atomic E-state index is -0.124. The molecular weight excluding hydrogens is 326 g/mol. The number of nitrogens with zero attached hydrogens (tertiary/aromatic N) is 4. The van der Waals surface area contributed by atoms with Crippen LogP contribution in [0.3, 0.4) is 0 Å². The number of fused-ring (bicyclic) bond motifs is 1. The van der Waals surface area contributed by atoms with Crippen LogP contribution in [0.25, 0.3) is 22.3 Å². The lowest BCUT2D eigenvalue weighted by Crippen LogP contribution is -2.26. The van der Waals surface area contributed by atoms with E-state index in [9.17, 15) is 4.79 Å². The first-order chi connectivity index (χ1) is 12.7. The average Bonchev–Trinajstić information content (AvgIpc) is 3.18. The van der Waals surface area contributed by atoms with Crippen LogP contribution in [0.1, 0.15) is 16.1 Å². The van der Waals surface area contributed by atoms with E-state index in [0.29, 0.717) is 17.9 Å². The van der Waals surface area contributed by atoms with Crippen LogP contribution in [0.2, 0.25) is 0 Å². The largest absolute Gasteiger partial charge is 0.336 e. The Hall–Kier alpha value is -3.54. The molecule has 6 heteroatoms. The number of hydrogen-bond donors (Lipinski definition) is 1. The zero-order valence-electron chi connectivity index (χ0n) is 14.3. The molecule has 6 nitrogen and oxygen atoms in total. The highest BCUT2D eigenvalue weighted by Crippen LogP contribution is 2.19. The van der Waals surface area contributed by atoms with Crippen molar-refractivity contribution in [3.8, 4) is 11.4 Å². The van der Waals surface area contributed by atoms with Gasteiger partial charge < -0.3 is 4.90 Å². The molecule has 0 aliphatic rings. The van der Waals surface area contributed by atoms with E-state index in [1.165, 1.54) is 0 Å². The van der Waals surface area contributed by atoms with Gasteiger partial charge in [0, 0.05) is 31.4 Å². The highest BCUT2D eigenvalue weighted by Gasteiger charge is 2.17. The Bertz CT molecular complexity index is 1050. The van der Waals surface area contributed by atoms with Crippen LogP contribution in [0.15, 0.2) is 67.0 Å². The fourth-order valence-electron chi connectivity index (χ4n) is 2.91. The summed E-state index contributed by atoms with van der Waals surface area (Å²) < 4.78 is 0. The van der Waals surface area contributed by atoms with E-state index in [1.54, 1.807) is 30.4 Å². The molecule has 0 fully saturated rings. The van der Waals surface area contributed by atoms with E-state index in [2.05, 4.69) is 20.2 Å². The predicted molar refractivity (Wildman–Crippen MR) is 99.4 cm³/mol. The van der Waals surface area contributed by atoms with Gasteiger partial charge in [-0.25, -0.2) is 0 Å². The molecule has 0 aliphatic heterocycles. The number of aromatic nitrogens is 4. The van der Waals surface area contributed by atoms with Crippen molar-refractivity contribution in [2.75, 3.05) is 7.05 Å². The molecule has 0 saturated carbocycles. The van der Waals surface area contributed by atoms with Gasteiger partial charge in [0.2, 0.25) is 0 Å². The molecule has 3 aromatic heterocycles. The van der Waals surface area contributed by atoms with Crippen LogP contribution in [0.4, 0.5) is 0 Å². The van der Waals surface area contributed by atoms with E-state index in [0.717, 1.165) is 22.2 Å². The van der Waals surface area contributed by atoms with Crippen LogP contribution in [0, 0.1) is 0 Å². The van der Waals surface area contributed by atoms with Crippen LogP contribution in [0.5, 0.6) is 0 Å². The summed E-state index contributed by atoms with van der Waals surface area (Å²) in [6, 6.07) is 17.2. The number of rotatable bonds is 4. The molecule has 4 aromatic rings. The maximum atomic E-state index is 12.7. The second-order valence-corrected chi connectivity index (χ2v) is 6.03. The Morgan fingerprint density at radius 1 is 1.00 bits per heavy atom. The first-order valence-corrected chi connectivity index (χ1v) is 8.27. The standard InChI is InChI=1S/C20H17N5O/c1-25(13-14-6-4-9-16-15(14)7-5-11-21-16)20(26)19-12-18(23-24-19)17-8-2-3-10-22-17/h2-12H,13H2,1H3,(H,23,24). The Morgan fingerprint density at radius 2 is 1.88 bits per heavy atom. The molecule has 0 atom stereocenters. The Labute approximate surface area is 150 Å². The normalized spacial score (nSPS) is 10.8. The maximum Gasteiger partial charge on any atom is 0.271 e. The number of H-pyrrole nitrogens is 1. The lowest BCUT2D eigenvalue weighted by atomic mass is 10.1. The van der Waals surface area contributed by atoms with Crippen LogP contribution in [-0.4, -0.2) is 38.0 Å². The van der Waals surface area contributed by atoms with E-state index in [1.807, 2.05) is 48.5 Å². The fourth-order valence-corrected chi connectivity index (χ4v) is 2.91. The Balaban J connectivity index is 1.56. The second kappa shape index (κ2) is 6.76. The molecule has 1 N–H and O–H groups in total. The summed E-state index contributed by atoms with van der Waals surface area (Å²) >= 11 is 0. The van der Waals surface area contributed by atoms with Gasteiger partial charge in [-0.1, -0.05) is 24.3 Å². The van der Waals surface area contributed by atoms with Crippen LogP contribution in [-0.2, 0) is 6.54 Å². The smallest absolute Gasteiger partial charge is 0.271 e. The highest BCUT2D eigenvalue weighted by molar-refractivity contribution is 5.93. The molecule has 1 amide bonds. The topological polar surface area (TPSA) is 74.8 Å². The van der Waals surface area contributed by atoms with Crippen molar-refractivity contribution in [3.05, 3.63) is 78.2 Å². The Kier molecular flexibility index (Phi) is 4.15. The minimum Gasteiger partial charge on any atom is -0.336 e. The minimum absolute atomic E-state index is 0.124. The first kappa shape index (κ1) is 16.0. The van der Waals surface area contributed by atoms with Crippen molar-refractivity contribution in [1.82, 2.24) is 25.1 Å². The van der Waals surface area contributed by atoms with Crippen molar-refractivity contribution < 1.29 is 4.79 Å². The van der Waals surface area contributed by atoms with Crippen LogP contribution < -0.4 is 0 Å². The third kappa shape index (κ3) is 3.04. The molecule has 26 heavy (non-hydrogen) atoms.